The summed E-state index contributed by atoms with van der Waals surface area (Å²) in [5.74, 6) is 0.720. The maximum Gasteiger partial charge on any atom is 0.123 e. The SMILES string of the molecule is COc1ccc(Cl)c(C)c1C(N)CCO. The average molecular weight is 230 g/mol. The Labute approximate surface area is 94.8 Å². The zero-order chi connectivity index (χ0) is 11.4. The van der Waals surface area contributed by atoms with E-state index in [0.717, 1.165) is 16.9 Å². The number of rotatable bonds is 4. The van der Waals surface area contributed by atoms with Crippen LogP contribution in [0.15, 0.2) is 12.1 Å². The van der Waals surface area contributed by atoms with Crippen LogP contribution in [-0.2, 0) is 0 Å². The van der Waals surface area contributed by atoms with Crippen molar-refractivity contribution in [3.05, 3.63) is 28.3 Å². The van der Waals surface area contributed by atoms with Gasteiger partial charge in [0.2, 0.25) is 0 Å². The number of aliphatic hydroxyl groups is 1. The summed E-state index contributed by atoms with van der Waals surface area (Å²) in [5.41, 5.74) is 7.74. The number of ether oxygens (including phenoxy) is 1. The van der Waals surface area contributed by atoms with Crippen LogP contribution in [0.25, 0.3) is 0 Å². The van der Waals surface area contributed by atoms with Crippen LogP contribution in [0.4, 0.5) is 0 Å². The Bertz CT molecular complexity index is 342. The molecule has 0 radical (unpaired) electrons. The summed E-state index contributed by atoms with van der Waals surface area (Å²) in [6.07, 6.45) is 0.498. The van der Waals surface area contributed by atoms with Crippen LogP contribution in [0.2, 0.25) is 5.02 Å². The fourth-order valence-electron chi connectivity index (χ4n) is 1.60. The van der Waals surface area contributed by atoms with Crippen molar-refractivity contribution in [2.24, 2.45) is 5.73 Å². The zero-order valence-corrected chi connectivity index (χ0v) is 9.71. The number of methoxy groups -OCH3 is 1. The van der Waals surface area contributed by atoms with Crippen LogP contribution in [0.5, 0.6) is 5.75 Å². The van der Waals surface area contributed by atoms with Crippen molar-refractivity contribution >= 4 is 11.6 Å². The van der Waals surface area contributed by atoms with Gasteiger partial charge in [-0.05, 0) is 31.0 Å². The molecule has 0 fully saturated rings. The number of aliphatic hydroxyl groups excluding tert-OH is 1. The van der Waals surface area contributed by atoms with E-state index < -0.39 is 0 Å². The van der Waals surface area contributed by atoms with Crippen LogP contribution in [-0.4, -0.2) is 18.8 Å². The molecule has 1 unspecified atom stereocenters. The Hall–Kier alpha value is -0.770. The highest BCUT2D eigenvalue weighted by atomic mass is 35.5. The van der Waals surface area contributed by atoms with Crippen molar-refractivity contribution in [3.63, 3.8) is 0 Å². The second-order valence-corrected chi connectivity index (χ2v) is 3.81. The summed E-state index contributed by atoms with van der Waals surface area (Å²) in [6, 6.07) is 3.33. The summed E-state index contributed by atoms with van der Waals surface area (Å²) in [7, 11) is 1.60. The van der Waals surface area contributed by atoms with E-state index in [1.165, 1.54) is 0 Å². The Morgan fingerprint density at radius 1 is 1.53 bits per heavy atom. The molecule has 84 valence electrons. The number of hydrogen-bond donors (Lipinski definition) is 2. The first-order chi connectivity index (χ1) is 7.11. The van der Waals surface area contributed by atoms with Crippen LogP contribution in [0.1, 0.15) is 23.6 Å². The molecule has 0 aliphatic carbocycles. The van der Waals surface area contributed by atoms with E-state index in [1.807, 2.05) is 6.92 Å². The highest BCUT2D eigenvalue weighted by Gasteiger charge is 2.16. The van der Waals surface area contributed by atoms with Gasteiger partial charge < -0.3 is 15.6 Å². The minimum Gasteiger partial charge on any atom is -0.496 e. The second kappa shape index (κ2) is 5.35. The van der Waals surface area contributed by atoms with Crippen molar-refractivity contribution in [1.29, 1.82) is 0 Å². The maximum absolute atomic E-state index is 8.87. The van der Waals surface area contributed by atoms with Crippen LogP contribution in [0, 0.1) is 6.92 Å². The highest BCUT2D eigenvalue weighted by Crippen LogP contribution is 2.33. The molecule has 3 N–H and O–H groups in total. The molecule has 0 spiro atoms. The van der Waals surface area contributed by atoms with E-state index >= 15 is 0 Å². The number of hydrogen-bond acceptors (Lipinski definition) is 3. The first-order valence-corrected chi connectivity index (χ1v) is 5.19. The van der Waals surface area contributed by atoms with Crippen molar-refractivity contribution in [3.8, 4) is 5.75 Å². The molecule has 0 saturated carbocycles. The normalized spacial score (nSPS) is 12.6. The fraction of sp³-hybridized carbons (Fsp3) is 0.455. The van der Waals surface area contributed by atoms with Crippen LogP contribution in [0.3, 0.4) is 0 Å². The molecule has 0 saturated heterocycles. The van der Waals surface area contributed by atoms with Gasteiger partial charge in [-0.2, -0.15) is 0 Å². The van der Waals surface area contributed by atoms with Crippen LogP contribution >= 0.6 is 11.6 Å². The fourth-order valence-corrected chi connectivity index (χ4v) is 1.76. The molecule has 0 heterocycles. The molecule has 0 aliphatic rings. The van der Waals surface area contributed by atoms with Crippen molar-refractivity contribution in [2.45, 2.75) is 19.4 Å². The van der Waals surface area contributed by atoms with Gasteiger partial charge in [-0.25, -0.2) is 0 Å². The van der Waals surface area contributed by atoms with Gasteiger partial charge in [0.05, 0.1) is 7.11 Å². The molecule has 4 heteroatoms. The van der Waals surface area contributed by atoms with E-state index in [1.54, 1.807) is 19.2 Å². The largest absolute Gasteiger partial charge is 0.496 e. The number of nitrogens with two attached hydrogens (primary N) is 1. The molecule has 1 aromatic rings. The molecular formula is C11H16ClNO2. The Balaban J connectivity index is 3.17. The lowest BCUT2D eigenvalue weighted by molar-refractivity contribution is 0.275. The van der Waals surface area contributed by atoms with Gasteiger partial charge in [-0.15, -0.1) is 0 Å². The molecule has 15 heavy (non-hydrogen) atoms. The van der Waals surface area contributed by atoms with E-state index in [2.05, 4.69) is 0 Å². The van der Waals surface area contributed by atoms with Gasteiger partial charge in [-0.3, -0.25) is 0 Å². The Kier molecular flexibility index (Phi) is 4.39. The lowest BCUT2D eigenvalue weighted by Crippen LogP contribution is -2.14. The molecule has 0 aromatic heterocycles. The highest BCUT2D eigenvalue weighted by molar-refractivity contribution is 6.31. The lowest BCUT2D eigenvalue weighted by atomic mass is 9.98. The van der Waals surface area contributed by atoms with E-state index in [0.29, 0.717) is 11.4 Å². The van der Waals surface area contributed by atoms with E-state index in [9.17, 15) is 0 Å². The predicted molar refractivity (Wildman–Crippen MR) is 61.4 cm³/mol. The molecule has 0 amide bonds. The first kappa shape index (κ1) is 12.3. The summed E-state index contributed by atoms with van der Waals surface area (Å²) >= 11 is 6.01. The van der Waals surface area contributed by atoms with Gasteiger partial charge in [0.1, 0.15) is 5.75 Å². The third-order valence-corrected chi connectivity index (χ3v) is 2.85. The standard InChI is InChI=1S/C11H16ClNO2/c1-7-8(12)3-4-10(15-2)11(7)9(13)5-6-14/h3-4,9,14H,5-6,13H2,1-2H3. The number of benzene rings is 1. The monoisotopic (exact) mass is 229 g/mol. The minimum atomic E-state index is -0.247. The predicted octanol–water partition coefficient (Wildman–Crippen LogP) is 2.04. The van der Waals surface area contributed by atoms with Gasteiger partial charge in [0.25, 0.3) is 0 Å². The quantitative estimate of drug-likeness (QED) is 0.831. The summed E-state index contributed by atoms with van der Waals surface area (Å²) in [6.45, 7) is 1.95. The van der Waals surface area contributed by atoms with E-state index in [4.69, 9.17) is 27.2 Å². The zero-order valence-electron chi connectivity index (χ0n) is 8.96. The molecule has 3 nitrogen and oxygen atoms in total. The molecule has 1 aromatic carbocycles. The Morgan fingerprint density at radius 3 is 2.73 bits per heavy atom. The number of halogens is 1. The first-order valence-electron chi connectivity index (χ1n) is 4.81. The minimum absolute atomic E-state index is 0.0519. The smallest absolute Gasteiger partial charge is 0.123 e. The van der Waals surface area contributed by atoms with Gasteiger partial charge in [0, 0.05) is 23.2 Å². The third-order valence-electron chi connectivity index (χ3n) is 2.44. The maximum atomic E-state index is 8.87. The second-order valence-electron chi connectivity index (χ2n) is 3.41. The Morgan fingerprint density at radius 2 is 2.20 bits per heavy atom. The van der Waals surface area contributed by atoms with Crippen molar-refractivity contribution in [1.82, 2.24) is 0 Å². The molecule has 1 rings (SSSR count). The van der Waals surface area contributed by atoms with E-state index in [-0.39, 0.29) is 12.6 Å². The topological polar surface area (TPSA) is 55.5 Å². The van der Waals surface area contributed by atoms with Crippen molar-refractivity contribution in [2.75, 3.05) is 13.7 Å². The third kappa shape index (κ3) is 2.62. The van der Waals surface area contributed by atoms with Gasteiger partial charge in [-0.1, -0.05) is 11.6 Å². The molecule has 0 aliphatic heterocycles. The van der Waals surface area contributed by atoms with Gasteiger partial charge in [0.15, 0.2) is 0 Å². The molecule has 1 atom stereocenters. The molecule has 0 bridgehead atoms. The molecular weight excluding hydrogens is 214 g/mol. The average Bonchev–Trinajstić information content (AvgIpc) is 2.22. The van der Waals surface area contributed by atoms with Gasteiger partial charge >= 0.3 is 0 Å². The van der Waals surface area contributed by atoms with Crippen molar-refractivity contribution < 1.29 is 9.84 Å². The lowest BCUT2D eigenvalue weighted by Gasteiger charge is -2.18. The summed E-state index contributed by atoms with van der Waals surface area (Å²) in [5, 5.41) is 9.53. The summed E-state index contributed by atoms with van der Waals surface area (Å²) < 4.78 is 5.23. The summed E-state index contributed by atoms with van der Waals surface area (Å²) in [4.78, 5) is 0. The van der Waals surface area contributed by atoms with Crippen LogP contribution < -0.4 is 10.5 Å².